The molecule has 12 heteroatoms. The van der Waals surface area contributed by atoms with Gasteiger partial charge in [-0.05, 0) is 39.9 Å². The Bertz CT molecular complexity index is 954. The molecule has 1 amide bonds. The Hall–Kier alpha value is -3.15. The lowest BCUT2D eigenvalue weighted by atomic mass is 10.3. The molecule has 3 aromatic heterocycles. The van der Waals surface area contributed by atoms with Crippen LogP contribution in [0.3, 0.4) is 0 Å². The molecule has 3 aromatic rings. The number of pyridine rings is 1. The summed E-state index contributed by atoms with van der Waals surface area (Å²) in [6.45, 7) is 1.90. The van der Waals surface area contributed by atoms with E-state index in [4.69, 9.17) is 4.52 Å². The van der Waals surface area contributed by atoms with Crippen molar-refractivity contribution in [3.05, 3.63) is 62.1 Å². The fourth-order valence-corrected chi connectivity index (χ4v) is 2.50. The van der Waals surface area contributed by atoms with Gasteiger partial charge in [-0.25, -0.2) is 0 Å². The topological polar surface area (TPSA) is 142 Å². The average Bonchev–Trinajstić information content (AvgIpc) is 3.21. The van der Waals surface area contributed by atoms with Crippen LogP contribution in [-0.2, 0) is 13.1 Å². The van der Waals surface area contributed by atoms with Crippen LogP contribution in [0.1, 0.15) is 27.9 Å². The molecular formula is C14H12BrN7O4. The van der Waals surface area contributed by atoms with Crippen LogP contribution in [0.5, 0.6) is 0 Å². The minimum atomic E-state index is -0.597. The molecule has 11 nitrogen and oxygen atoms in total. The van der Waals surface area contributed by atoms with Gasteiger partial charge in [0.25, 0.3) is 0 Å². The first-order valence-electron chi connectivity index (χ1n) is 7.33. The normalized spacial score (nSPS) is 10.7. The van der Waals surface area contributed by atoms with Crippen LogP contribution in [0.15, 0.2) is 33.4 Å². The highest BCUT2D eigenvalue weighted by molar-refractivity contribution is 9.10. The van der Waals surface area contributed by atoms with Crippen molar-refractivity contribution in [3.63, 3.8) is 0 Å². The van der Waals surface area contributed by atoms with Crippen molar-refractivity contribution in [2.45, 2.75) is 20.0 Å². The summed E-state index contributed by atoms with van der Waals surface area (Å²) in [4.78, 5) is 30.4. The maximum absolute atomic E-state index is 12.0. The van der Waals surface area contributed by atoms with Gasteiger partial charge in [0.15, 0.2) is 5.82 Å². The van der Waals surface area contributed by atoms with Crippen LogP contribution >= 0.6 is 15.9 Å². The fourth-order valence-electron chi connectivity index (χ4n) is 2.07. The van der Waals surface area contributed by atoms with E-state index in [0.717, 1.165) is 0 Å². The van der Waals surface area contributed by atoms with Crippen LogP contribution in [0, 0.1) is 17.0 Å². The Balaban J connectivity index is 1.67. The van der Waals surface area contributed by atoms with Gasteiger partial charge in [-0.2, -0.15) is 9.67 Å². The highest BCUT2D eigenvalue weighted by Gasteiger charge is 2.25. The van der Waals surface area contributed by atoms with Crippen molar-refractivity contribution < 1.29 is 14.2 Å². The molecule has 0 saturated carbocycles. The van der Waals surface area contributed by atoms with Crippen molar-refractivity contribution in [2.75, 3.05) is 0 Å². The third-order valence-corrected chi connectivity index (χ3v) is 4.33. The molecule has 0 bridgehead atoms. The van der Waals surface area contributed by atoms with Gasteiger partial charge in [0, 0.05) is 6.20 Å². The van der Waals surface area contributed by atoms with E-state index in [1.165, 1.54) is 4.68 Å². The molecule has 3 rings (SSSR count). The van der Waals surface area contributed by atoms with Crippen LogP contribution in [0.2, 0.25) is 0 Å². The number of carbonyl (C=O) groups is 1. The van der Waals surface area contributed by atoms with Crippen molar-refractivity contribution in [2.24, 2.45) is 0 Å². The molecule has 0 saturated heterocycles. The molecule has 134 valence electrons. The zero-order valence-electron chi connectivity index (χ0n) is 13.4. The van der Waals surface area contributed by atoms with Crippen molar-refractivity contribution in [1.29, 1.82) is 0 Å². The van der Waals surface area contributed by atoms with Crippen molar-refractivity contribution in [1.82, 2.24) is 30.2 Å². The Kier molecular flexibility index (Phi) is 5.02. The van der Waals surface area contributed by atoms with Gasteiger partial charge >= 0.3 is 17.6 Å². The Morgan fingerprint density at radius 2 is 2.27 bits per heavy atom. The van der Waals surface area contributed by atoms with Crippen molar-refractivity contribution >= 4 is 27.7 Å². The smallest absolute Gasteiger partial charge is 0.358 e. The van der Waals surface area contributed by atoms with Gasteiger partial charge in [0.05, 0.1) is 23.0 Å². The standard InChI is InChI=1S/C14H12BrN7O4/c1-8-11(15)12(22(24)25)19-21(8)7-10-18-14(26-20-10)13(23)17-6-9-4-2-3-5-16-9/h2-5H,6-7H2,1H3,(H,17,23). The van der Waals surface area contributed by atoms with E-state index in [2.05, 4.69) is 41.5 Å². The van der Waals surface area contributed by atoms with Crippen LogP contribution < -0.4 is 5.32 Å². The molecule has 0 spiro atoms. The molecule has 0 radical (unpaired) electrons. The summed E-state index contributed by atoms with van der Waals surface area (Å²) < 4.78 is 6.56. The number of halogens is 1. The number of hydrogen-bond donors (Lipinski definition) is 1. The maximum atomic E-state index is 12.0. The Labute approximate surface area is 154 Å². The predicted octanol–water partition coefficient (Wildman–Crippen LogP) is 1.62. The quantitative estimate of drug-likeness (QED) is 0.467. The SMILES string of the molecule is Cc1c(Br)c([N+](=O)[O-])nn1Cc1noc(C(=O)NCc2ccccn2)n1. The lowest BCUT2D eigenvalue weighted by Gasteiger charge is -2.00. The second-order valence-corrected chi connectivity index (χ2v) is 5.95. The first kappa shape index (κ1) is 17.7. The number of rotatable bonds is 6. The third-order valence-electron chi connectivity index (χ3n) is 3.40. The van der Waals surface area contributed by atoms with E-state index in [1.807, 2.05) is 6.07 Å². The molecule has 1 N–H and O–H groups in total. The largest absolute Gasteiger partial charge is 0.404 e. The Morgan fingerprint density at radius 3 is 2.92 bits per heavy atom. The van der Waals surface area contributed by atoms with E-state index in [1.54, 1.807) is 25.3 Å². The molecule has 0 aliphatic carbocycles. The van der Waals surface area contributed by atoms with E-state index in [9.17, 15) is 14.9 Å². The first-order valence-corrected chi connectivity index (χ1v) is 8.13. The van der Waals surface area contributed by atoms with E-state index in [-0.39, 0.29) is 35.1 Å². The van der Waals surface area contributed by atoms with Crippen molar-refractivity contribution in [3.8, 4) is 0 Å². The summed E-state index contributed by atoms with van der Waals surface area (Å²) in [5.41, 5.74) is 1.22. The molecular weight excluding hydrogens is 410 g/mol. The fraction of sp³-hybridized carbons (Fsp3) is 0.214. The summed E-state index contributed by atoms with van der Waals surface area (Å²) in [5, 5.41) is 21.1. The average molecular weight is 422 g/mol. The number of nitrogens with zero attached hydrogens (tertiary/aromatic N) is 6. The highest BCUT2D eigenvalue weighted by Crippen LogP contribution is 2.27. The zero-order valence-corrected chi connectivity index (χ0v) is 15.0. The number of nitrogens with one attached hydrogen (secondary N) is 1. The summed E-state index contributed by atoms with van der Waals surface area (Å²) in [6, 6.07) is 5.35. The summed E-state index contributed by atoms with van der Waals surface area (Å²) in [6.07, 6.45) is 1.62. The Morgan fingerprint density at radius 1 is 1.46 bits per heavy atom. The second-order valence-electron chi connectivity index (χ2n) is 5.16. The molecule has 0 aliphatic rings. The minimum Gasteiger partial charge on any atom is -0.358 e. The van der Waals surface area contributed by atoms with E-state index in [0.29, 0.717) is 11.4 Å². The summed E-state index contributed by atoms with van der Waals surface area (Å²) in [7, 11) is 0. The summed E-state index contributed by atoms with van der Waals surface area (Å²) >= 11 is 3.13. The van der Waals surface area contributed by atoms with Gasteiger partial charge in [-0.1, -0.05) is 11.2 Å². The van der Waals surface area contributed by atoms with Crippen LogP contribution in [0.25, 0.3) is 0 Å². The van der Waals surface area contributed by atoms with Gasteiger partial charge in [0.2, 0.25) is 0 Å². The van der Waals surface area contributed by atoms with E-state index >= 15 is 0 Å². The predicted molar refractivity (Wildman–Crippen MR) is 90.1 cm³/mol. The number of carbonyl (C=O) groups excluding carboxylic acids is 1. The minimum absolute atomic E-state index is 0.0231. The number of amides is 1. The summed E-state index contributed by atoms with van der Waals surface area (Å²) in [5.74, 6) is -0.895. The molecule has 0 aliphatic heterocycles. The number of nitro groups is 1. The lowest BCUT2D eigenvalue weighted by Crippen LogP contribution is -2.23. The first-order chi connectivity index (χ1) is 12.5. The van der Waals surface area contributed by atoms with Gasteiger partial charge in [-0.3, -0.25) is 9.78 Å². The molecule has 0 fully saturated rings. The molecule has 26 heavy (non-hydrogen) atoms. The lowest BCUT2D eigenvalue weighted by molar-refractivity contribution is -0.390. The van der Waals surface area contributed by atoms with E-state index < -0.39 is 10.8 Å². The molecule has 0 unspecified atom stereocenters. The monoisotopic (exact) mass is 421 g/mol. The number of hydrogen-bond acceptors (Lipinski definition) is 8. The molecule has 0 aromatic carbocycles. The van der Waals surface area contributed by atoms with Gasteiger partial charge < -0.3 is 20.0 Å². The molecule has 3 heterocycles. The van der Waals surface area contributed by atoms with Crippen LogP contribution in [0.4, 0.5) is 5.82 Å². The third kappa shape index (κ3) is 3.74. The number of aromatic nitrogens is 5. The maximum Gasteiger partial charge on any atom is 0.404 e. The molecule has 0 atom stereocenters. The second kappa shape index (κ2) is 7.39. The zero-order chi connectivity index (χ0) is 18.7. The van der Waals surface area contributed by atoms with Gasteiger partial charge in [0.1, 0.15) is 11.0 Å². The van der Waals surface area contributed by atoms with Crippen LogP contribution in [-0.4, -0.2) is 35.7 Å². The highest BCUT2D eigenvalue weighted by atomic mass is 79.9. The van der Waals surface area contributed by atoms with Gasteiger partial charge in [-0.15, -0.1) is 0 Å².